The fraction of sp³-hybridized carbons (Fsp3) is 0.737. The van der Waals surface area contributed by atoms with Gasteiger partial charge in [-0.1, -0.05) is 0 Å². The van der Waals surface area contributed by atoms with Gasteiger partial charge in [-0.3, -0.25) is 9.69 Å². The van der Waals surface area contributed by atoms with Crippen LogP contribution in [0.5, 0.6) is 0 Å². The van der Waals surface area contributed by atoms with Gasteiger partial charge in [0, 0.05) is 26.1 Å². The molecule has 0 atom stereocenters. The van der Waals surface area contributed by atoms with E-state index in [4.69, 9.17) is 9.31 Å². The van der Waals surface area contributed by atoms with E-state index >= 15 is 0 Å². The highest BCUT2D eigenvalue weighted by Crippen LogP contribution is 2.42. The summed E-state index contributed by atoms with van der Waals surface area (Å²) in [5, 5.41) is 0. The van der Waals surface area contributed by atoms with Gasteiger partial charge in [-0.2, -0.15) is 0 Å². The van der Waals surface area contributed by atoms with Gasteiger partial charge >= 0.3 is 7.12 Å². The van der Waals surface area contributed by atoms with Crippen LogP contribution in [0.4, 0.5) is 11.6 Å². The third-order valence-electron chi connectivity index (χ3n) is 6.49. The minimum absolute atomic E-state index is 0.133. The molecule has 4 rings (SSSR count). The number of hydrogen-bond acceptors (Lipinski definition) is 6. The third-order valence-corrected chi connectivity index (χ3v) is 6.49. The Kier molecular flexibility index (Phi) is 4.67. The standard InChI is InChI=1S/C19H29BN4O3/c1-18(2)19(3,4)27-20(26-18)14-7-10-23(11-8-14)15-12-22-16(13-21-15)24-9-5-6-17(24)25/h12-14H,5-11H2,1-4H3. The first-order chi connectivity index (χ1) is 12.8. The quantitative estimate of drug-likeness (QED) is 0.760. The van der Waals surface area contributed by atoms with E-state index in [2.05, 4.69) is 42.6 Å². The maximum Gasteiger partial charge on any atom is 0.461 e. The van der Waals surface area contributed by atoms with Crippen molar-refractivity contribution in [2.45, 2.75) is 70.4 Å². The monoisotopic (exact) mass is 372 g/mol. The van der Waals surface area contributed by atoms with Gasteiger partial charge < -0.3 is 14.2 Å². The van der Waals surface area contributed by atoms with Gasteiger partial charge in [0.05, 0.1) is 23.6 Å². The van der Waals surface area contributed by atoms with Crippen LogP contribution in [-0.4, -0.2) is 53.8 Å². The Balaban J connectivity index is 1.35. The van der Waals surface area contributed by atoms with Crippen LogP contribution in [0.2, 0.25) is 5.82 Å². The number of aromatic nitrogens is 2. The maximum atomic E-state index is 11.8. The molecule has 0 aromatic carbocycles. The van der Waals surface area contributed by atoms with Crippen LogP contribution in [0.25, 0.3) is 0 Å². The van der Waals surface area contributed by atoms with Crippen molar-refractivity contribution in [1.82, 2.24) is 9.97 Å². The molecule has 3 aliphatic rings. The second kappa shape index (κ2) is 6.74. The predicted octanol–water partition coefficient (Wildman–Crippen LogP) is 2.67. The molecule has 0 bridgehead atoms. The second-order valence-corrected chi connectivity index (χ2v) is 8.83. The Labute approximate surface area is 161 Å². The molecule has 0 N–H and O–H groups in total. The minimum Gasteiger partial charge on any atom is -0.403 e. The van der Waals surface area contributed by atoms with E-state index in [1.165, 1.54) is 0 Å². The number of amides is 1. The first-order valence-electron chi connectivity index (χ1n) is 10.00. The van der Waals surface area contributed by atoms with Crippen molar-refractivity contribution < 1.29 is 14.1 Å². The summed E-state index contributed by atoms with van der Waals surface area (Å²) in [4.78, 5) is 24.8. The Morgan fingerprint density at radius 3 is 2.11 bits per heavy atom. The highest BCUT2D eigenvalue weighted by molar-refractivity contribution is 6.47. The number of hydrogen-bond donors (Lipinski definition) is 0. The maximum absolute atomic E-state index is 11.8. The normalized spacial score (nSPS) is 25.5. The number of piperidine rings is 1. The summed E-state index contributed by atoms with van der Waals surface area (Å²) in [7, 11) is -0.133. The minimum atomic E-state index is -0.275. The molecule has 27 heavy (non-hydrogen) atoms. The van der Waals surface area contributed by atoms with Gasteiger partial charge in [-0.15, -0.1) is 0 Å². The molecule has 1 aromatic heterocycles. The summed E-state index contributed by atoms with van der Waals surface area (Å²) in [5.74, 6) is 2.07. The van der Waals surface area contributed by atoms with E-state index in [0.29, 0.717) is 18.1 Å². The fourth-order valence-electron chi connectivity index (χ4n) is 3.99. The molecule has 1 amide bonds. The van der Waals surface area contributed by atoms with E-state index in [1.54, 1.807) is 17.3 Å². The highest BCUT2D eigenvalue weighted by Gasteiger charge is 2.53. The lowest BCUT2D eigenvalue weighted by Crippen LogP contribution is -2.41. The van der Waals surface area contributed by atoms with Crippen molar-refractivity contribution in [3.63, 3.8) is 0 Å². The first-order valence-corrected chi connectivity index (χ1v) is 10.00. The predicted molar refractivity (Wildman–Crippen MR) is 105 cm³/mol. The smallest absolute Gasteiger partial charge is 0.403 e. The van der Waals surface area contributed by atoms with Crippen LogP contribution in [0.3, 0.4) is 0 Å². The van der Waals surface area contributed by atoms with Crippen LogP contribution in [0, 0.1) is 0 Å². The molecule has 0 saturated carbocycles. The Morgan fingerprint density at radius 2 is 1.59 bits per heavy atom. The summed E-state index contributed by atoms with van der Waals surface area (Å²) in [6.07, 6.45) is 7.02. The van der Waals surface area contributed by atoms with Gasteiger partial charge in [0.25, 0.3) is 0 Å². The fourth-order valence-corrected chi connectivity index (χ4v) is 3.99. The summed E-state index contributed by atoms with van der Waals surface area (Å²) in [5.41, 5.74) is -0.549. The van der Waals surface area contributed by atoms with E-state index < -0.39 is 0 Å². The molecule has 7 nitrogen and oxygen atoms in total. The van der Waals surface area contributed by atoms with Crippen LogP contribution in [-0.2, 0) is 14.1 Å². The van der Waals surface area contributed by atoms with E-state index in [1.807, 2.05) is 0 Å². The molecule has 0 spiro atoms. The first kappa shape index (κ1) is 18.7. The number of nitrogens with zero attached hydrogens (tertiary/aromatic N) is 4. The zero-order chi connectivity index (χ0) is 19.2. The summed E-state index contributed by atoms with van der Waals surface area (Å²) < 4.78 is 12.4. The molecule has 3 fully saturated rings. The molecular weight excluding hydrogens is 343 g/mol. The topological polar surface area (TPSA) is 67.8 Å². The van der Waals surface area contributed by atoms with Gasteiger partial charge in [-0.05, 0) is 52.8 Å². The lowest BCUT2D eigenvalue weighted by atomic mass is 9.67. The van der Waals surface area contributed by atoms with Gasteiger partial charge in [0.1, 0.15) is 5.82 Å². The summed E-state index contributed by atoms with van der Waals surface area (Å²) in [6.45, 7) is 11.0. The third kappa shape index (κ3) is 3.45. The van der Waals surface area contributed by atoms with Crippen molar-refractivity contribution in [2.75, 3.05) is 29.4 Å². The van der Waals surface area contributed by atoms with Gasteiger partial charge in [0.2, 0.25) is 5.91 Å². The number of carbonyl (C=O) groups excluding carboxylic acids is 1. The Morgan fingerprint density at radius 1 is 1.00 bits per heavy atom. The van der Waals surface area contributed by atoms with E-state index in [-0.39, 0.29) is 24.2 Å². The molecule has 1 aromatic rings. The summed E-state index contributed by atoms with van der Waals surface area (Å²) >= 11 is 0. The van der Waals surface area contributed by atoms with Crippen molar-refractivity contribution >= 4 is 24.7 Å². The van der Waals surface area contributed by atoms with Crippen LogP contribution >= 0.6 is 0 Å². The molecule has 4 heterocycles. The number of rotatable bonds is 3. The zero-order valence-electron chi connectivity index (χ0n) is 16.8. The molecule has 0 aliphatic carbocycles. The second-order valence-electron chi connectivity index (χ2n) is 8.83. The molecule has 0 unspecified atom stereocenters. The summed E-state index contributed by atoms with van der Waals surface area (Å²) in [6, 6.07) is 0. The largest absolute Gasteiger partial charge is 0.461 e. The average Bonchev–Trinajstić information content (AvgIpc) is 3.15. The van der Waals surface area contributed by atoms with Crippen LogP contribution in [0.15, 0.2) is 12.4 Å². The molecule has 8 heteroatoms. The van der Waals surface area contributed by atoms with Crippen molar-refractivity contribution in [1.29, 1.82) is 0 Å². The highest BCUT2D eigenvalue weighted by atomic mass is 16.7. The van der Waals surface area contributed by atoms with E-state index in [0.717, 1.165) is 44.7 Å². The lowest BCUT2D eigenvalue weighted by molar-refractivity contribution is -0.117. The van der Waals surface area contributed by atoms with Crippen molar-refractivity contribution in [2.24, 2.45) is 0 Å². The van der Waals surface area contributed by atoms with Crippen molar-refractivity contribution in [3.8, 4) is 0 Å². The molecule has 0 radical (unpaired) electrons. The number of carbonyl (C=O) groups is 1. The lowest BCUT2D eigenvalue weighted by Gasteiger charge is -2.33. The van der Waals surface area contributed by atoms with Crippen LogP contribution < -0.4 is 9.80 Å². The number of anilines is 2. The SMILES string of the molecule is CC1(C)OB(C2CCN(c3cnc(N4CCCC4=O)cn3)CC2)OC1(C)C. The molecule has 3 aliphatic heterocycles. The van der Waals surface area contributed by atoms with E-state index in [9.17, 15) is 4.79 Å². The van der Waals surface area contributed by atoms with Crippen molar-refractivity contribution in [3.05, 3.63) is 12.4 Å². The Bertz CT molecular complexity index is 685. The molecule has 3 saturated heterocycles. The van der Waals surface area contributed by atoms with Gasteiger partial charge in [0.15, 0.2) is 5.82 Å². The molecular formula is C19H29BN4O3. The zero-order valence-corrected chi connectivity index (χ0v) is 16.8. The van der Waals surface area contributed by atoms with Gasteiger partial charge in [-0.25, -0.2) is 9.97 Å². The van der Waals surface area contributed by atoms with Crippen LogP contribution in [0.1, 0.15) is 53.4 Å². The Hall–Kier alpha value is -1.67. The molecule has 146 valence electrons. The average molecular weight is 372 g/mol.